The van der Waals surface area contributed by atoms with Crippen LogP contribution in [0.3, 0.4) is 0 Å². The zero-order chi connectivity index (χ0) is 21.6. The molecule has 0 heterocycles. The van der Waals surface area contributed by atoms with E-state index < -0.39 is 0 Å². The van der Waals surface area contributed by atoms with E-state index in [2.05, 4.69) is 67.5 Å². The maximum absolute atomic E-state index is 12.8. The number of anilines is 1. The summed E-state index contributed by atoms with van der Waals surface area (Å²) in [4.78, 5) is 14.9. The first-order valence-corrected chi connectivity index (χ1v) is 10.2. The summed E-state index contributed by atoms with van der Waals surface area (Å²) < 4.78 is 5.34. The largest absolute Gasteiger partial charge is 0.497 e. The van der Waals surface area contributed by atoms with Crippen LogP contribution in [0, 0.1) is 0 Å². The Balaban J connectivity index is 2.16. The first-order chi connectivity index (χ1) is 13.7. The number of amides is 2. The van der Waals surface area contributed by atoms with Crippen molar-refractivity contribution in [3.05, 3.63) is 59.2 Å². The van der Waals surface area contributed by atoms with Gasteiger partial charge in [-0.15, -0.1) is 0 Å². The van der Waals surface area contributed by atoms with Crippen molar-refractivity contribution in [1.82, 2.24) is 10.2 Å². The van der Waals surface area contributed by atoms with Crippen molar-refractivity contribution in [2.24, 2.45) is 0 Å². The van der Waals surface area contributed by atoms with Crippen LogP contribution in [-0.2, 0) is 0 Å². The number of hydrogen-bond donors (Lipinski definition) is 2. The molecule has 0 saturated heterocycles. The number of likely N-dealkylation sites (N-methyl/N-ethyl adjacent to an activating group) is 1. The van der Waals surface area contributed by atoms with Gasteiger partial charge in [0, 0.05) is 12.2 Å². The lowest BCUT2D eigenvalue weighted by Gasteiger charge is -2.26. The van der Waals surface area contributed by atoms with Crippen LogP contribution in [0.4, 0.5) is 10.5 Å². The fourth-order valence-electron chi connectivity index (χ4n) is 3.49. The Morgan fingerprint density at radius 3 is 2.10 bits per heavy atom. The summed E-state index contributed by atoms with van der Waals surface area (Å²) in [6.07, 6.45) is 0. The Labute approximate surface area is 175 Å². The van der Waals surface area contributed by atoms with Crippen LogP contribution < -0.4 is 15.4 Å². The second-order valence-corrected chi connectivity index (χ2v) is 8.21. The third-order valence-electron chi connectivity index (χ3n) is 5.17. The molecule has 0 aliphatic rings. The van der Waals surface area contributed by atoms with Gasteiger partial charge in [0.2, 0.25) is 0 Å². The lowest BCUT2D eigenvalue weighted by Crippen LogP contribution is -2.37. The SMILES string of the molecule is COc1cccc(C(CNC(=O)Nc2c(C(C)C)cccc2C(C)C)N(C)C)c1. The number of rotatable bonds is 8. The molecule has 29 heavy (non-hydrogen) atoms. The molecule has 5 heteroatoms. The highest BCUT2D eigenvalue weighted by atomic mass is 16.5. The van der Waals surface area contributed by atoms with Crippen molar-refractivity contribution in [3.8, 4) is 5.75 Å². The number of benzene rings is 2. The average molecular weight is 398 g/mol. The first-order valence-electron chi connectivity index (χ1n) is 10.2. The lowest BCUT2D eigenvalue weighted by atomic mass is 9.93. The third-order valence-corrected chi connectivity index (χ3v) is 5.17. The summed E-state index contributed by atoms with van der Waals surface area (Å²) in [7, 11) is 5.68. The molecule has 0 spiro atoms. The normalized spacial score (nSPS) is 12.3. The zero-order valence-corrected chi connectivity index (χ0v) is 18.7. The van der Waals surface area contributed by atoms with E-state index in [4.69, 9.17) is 4.74 Å². The van der Waals surface area contributed by atoms with Gasteiger partial charge in [-0.05, 0) is 54.8 Å². The quantitative estimate of drug-likeness (QED) is 0.630. The molecule has 5 nitrogen and oxygen atoms in total. The Morgan fingerprint density at radius 1 is 1.00 bits per heavy atom. The zero-order valence-electron chi connectivity index (χ0n) is 18.7. The molecule has 0 fully saturated rings. The number of carbonyl (C=O) groups excluding carboxylic acids is 1. The number of methoxy groups -OCH3 is 1. The van der Waals surface area contributed by atoms with Gasteiger partial charge in [0.15, 0.2) is 0 Å². The van der Waals surface area contributed by atoms with Gasteiger partial charge in [0.25, 0.3) is 0 Å². The van der Waals surface area contributed by atoms with Crippen molar-refractivity contribution in [1.29, 1.82) is 0 Å². The highest BCUT2D eigenvalue weighted by Crippen LogP contribution is 2.32. The third kappa shape index (κ3) is 5.97. The van der Waals surface area contributed by atoms with E-state index in [1.165, 1.54) is 0 Å². The maximum atomic E-state index is 12.8. The van der Waals surface area contributed by atoms with Gasteiger partial charge in [-0.25, -0.2) is 4.79 Å². The highest BCUT2D eigenvalue weighted by molar-refractivity contribution is 5.91. The van der Waals surface area contributed by atoms with Crippen LogP contribution in [-0.4, -0.2) is 38.7 Å². The molecule has 1 atom stereocenters. The van der Waals surface area contributed by atoms with Crippen LogP contribution in [0.2, 0.25) is 0 Å². The number of nitrogens with one attached hydrogen (secondary N) is 2. The first kappa shape index (κ1) is 22.8. The number of carbonyl (C=O) groups is 1. The van der Waals surface area contributed by atoms with Gasteiger partial charge in [0.1, 0.15) is 5.75 Å². The predicted molar refractivity (Wildman–Crippen MR) is 121 cm³/mol. The van der Waals surface area contributed by atoms with E-state index in [0.29, 0.717) is 18.4 Å². The second-order valence-electron chi connectivity index (χ2n) is 8.21. The van der Waals surface area contributed by atoms with Crippen LogP contribution in [0.5, 0.6) is 5.75 Å². The molecular formula is C24H35N3O2. The molecule has 0 aliphatic heterocycles. The van der Waals surface area contributed by atoms with E-state index >= 15 is 0 Å². The summed E-state index contributed by atoms with van der Waals surface area (Å²) in [5.74, 6) is 1.47. The molecule has 1 unspecified atom stereocenters. The fourth-order valence-corrected chi connectivity index (χ4v) is 3.49. The molecule has 0 aliphatic carbocycles. The Bertz CT molecular complexity index is 789. The second kappa shape index (κ2) is 10.3. The van der Waals surface area contributed by atoms with Crippen molar-refractivity contribution in [2.45, 2.75) is 45.6 Å². The lowest BCUT2D eigenvalue weighted by molar-refractivity contribution is 0.243. The summed E-state index contributed by atoms with van der Waals surface area (Å²) >= 11 is 0. The topological polar surface area (TPSA) is 53.6 Å². The molecule has 2 rings (SSSR count). The van der Waals surface area contributed by atoms with Gasteiger partial charge < -0.3 is 20.3 Å². The van der Waals surface area contributed by atoms with Crippen LogP contribution in [0.1, 0.15) is 62.3 Å². The van der Waals surface area contributed by atoms with Crippen molar-refractivity contribution >= 4 is 11.7 Å². The van der Waals surface area contributed by atoms with Crippen molar-refractivity contribution in [3.63, 3.8) is 0 Å². The molecule has 2 aromatic carbocycles. The number of ether oxygens (including phenoxy) is 1. The van der Waals surface area contributed by atoms with E-state index in [1.807, 2.05) is 32.3 Å². The van der Waals surface area contributed by atoms with E-state index in [1.54, 1.807) is 7.11 Å². The molecule has 2 amide bonds. The minimum atomic E-state index is -0.185. The Hall–Kier alpha value is -2.53. The van der Waals surface area contributed by atoms with Crippen LogP contribution in [0.25, 0.3) is 0 Å². The van der Waals surface area contributed by atoms with E-state index in [-0.39, 0.29) is 12.1 Å². The summed E-state index contributed by atoms with van der Waals surface area (Å²) in [5.41, 5.74) is 4.34. The summed E-state index contributed by atoms with van der Waals surface area (Å²) in [6.45, 7) is 9.08. The van der Waals surface area contributed by atoms with Crippen molar-refractivity contribution in [2.75, 3.05) is 33.1 Å². The Morgan fingerprint density at radius 2 is 1.59 bits per heavy atom. The molecule has 0 bridgehead atoms. The number of para-hydroxylation sites is 1. The van der Waals surface area contributed by atoms with Gasteiger partial charge in [-0.1, -0.05) is 58.0 Å². The number of urea groups is 1. The molecule has 2 N–H and O–H groups in total. The van der Waals surface area contributed by atoms with E-state index in [9.17, 15) is 4.79 Å². The molecule has 0 aromatic heterocycles. The summed E-state index contributed by atoms with van der Waals surface area (Å²) in [6, 6.07) is 14.1. The van der Waals surface area contributed by atoms with Gasteiger partial charge >= 0.3 is 6.03 Å². The average Bonchev–Trinajstić information content (AvgIpc) is 2.67. The summed E-state index contributed by atoms with van der Waals surface area (Å²) in [5, 5.41) is 6.17. The fraction of sp³-hybridized carbons (Fsp3) is 0.458. The standard InChI is InChI=1S/C24H35N3O2/c1-16(2)20-12-9-13-21(17(3)4)23(20)26-24(28)25-15-22(27(5)6)18-10-8-11-19(14-18)29-7/h8-14,16-17,22H,15H2,1-7H3,(H2,25,26,28). The van der Waals surface area contributed by atoms with Crippen LogP contribution >= 0.6 is 0 Å². The molecule has 2 aromatic rings. The minimum absolute atomic E-state index is 0.0424. The van der Waals surface area contributed by atoms with E-state index in [0.717, 1.165) is 28.1 Å². The molecule has 0 saturated carbocycles. The van der Waals surface area contributed by atoms with Gasteiger partial charge in [-0.3, -0.25) is 0 Å². The predicted octanol–water partition coefficient (Wildman–Crippen LogP) is 5.37. The number of hydrogen-bond acceptors (Lipinski definition) is 3. The molecular weight excluding hydrogens is 362 g/mol. The number of nitrogens with zero attached hydrogens (tertiary/aromatic N) is 1. The van der Waals surface area contributed by atoms with Crippen LogP contribution in [0.15, 0.2) is 42.5 Å². The highest BCUT2D eigenvalue weighted by Gasteiger charge is 2.19. The minimum Gasteiger partial charge on any atom is -0.497 e. The smallest absolute Gasteiger partial charge is 0.319 e. The Kier molecular flexibility index (Phi) is 8.09. The van der Waals surface area contributed by atoms with Crippen molar-refractivity contribution < 1.29 is 9.53 Å². The maximum Gasteiger partial charge on any atom is 0.319 e. The molecule has 0 radical (unpaired) electrons. The molecule has 158 valence electrons. The van der Waals surface area contributed by atoms with Gasteiger partial charge in [-0.2, -0.15) is 0 Å². The van der Waals surface area contributed by atoms with Gasteiger partial charge in [0.05, 0.1) is 13.2 Å². The monoisotopic (exact) mass is 397 g/mol.